The van der Waals surface area contributed by atoms with Gasteiger partial charge in [-0.3, -0.25) is 9.59 Å². The standard InChI is InChI=1S/C13H19NO4/c1-4-5-6-7-8-18-13(17)14-11(15)9(2)10(3)12(14)16/h4-8H2,1-3H3. The Kier molecular flexibility index (Phi) is 5.07. The van der Waals surface area contributed by atoms with Gasteiger partial charge in [0.25, 0.3) is 11.8 Å². The molecule has 0 unspecified atom stereocenters. The molecule has 100 valence electrons. The number of ether oxygens (including phenoxy) is 1. The largest absolute Gasteiger partial charge is 0.449 e. The van der Waals surface area contributed by atoms with Crippen LogP contribution in [0.2, 0.25) is 0 Å². The van der Waals surface area contributed by atoms with Gasteiger partial charge in [-0.15, -0.1) is 0 Å². The number of hydrogen-bond donors (Lipinski definition) is 0. The molecule has 0 aromatic heterocycles. The van der Waals surface area contributed by atoms with Crippen LogP contribution in [-0.4, -0.2) is 29.4 Å². The lowest BCUT2D eigenvalue weighted by Crippen LogP contribution is -2.38. The number of rotatable bonds is 5. The molecule has 1 aliphatic heterocycles. The van der Waals surface area contributed by atoms with Crippen molar-refractivity contribution in [2.45, 2.75) is 46.5 Å². The first-order chi connectivity index (χ1) is 8.50. The highest BCUT2D eigenvalue weighted by molar-refractivity contribution is 6.25. The summed E-state index contributed by atoms with van der Waals surface area (Å²) in [5.41, 5.74) is 0.617. The molecule has 0 N–H and O–H groups in total. The molecular weight excluding hydrogens is 234 g/mol. The smallest absolute Gasteiger partial charge is 0.424 e. The van der Waals surface area contributed by atoms with Gasteiger partial charge >= 0.3 is 6.09 Å². The Morgan fingerprint density at radius 1 is 1.06 bits per heavy atom. The molecule has 1 rings (SSSR count). The third-order valence-corrected chi connectivity index (χ3v) is 3.02. The molecule has 0 radical (unpaired) electrons. The van der Waals surface area contributed by atoms with Gasteiger partial charge in [-0.25, -0.2) is 4.79 Å². The summed E-state index contributed by atoms with van der Waals surface area (Å²) < 4.78 is 4.93. The lowest BCUT2D eigenvalue weighted by molar-refractivity contribution is -0.135. The second-order valence-corrected chi connectivity index (χ2v) is 4.37. The second-order valence-electron chi connectivity index (χ2n) is 4.37. The average Bonchev–Trinajstić information content (AvgIpc) is 2.53. The van der Waals surface area contributed by atoms with Crippen molar-refractivity contribution in [3.05, 3.63) is 11.1 Å². The van der Waals surface area contributed by atoms with Crippen LogP contribution in [0.25, 0.3) is 0 Å². The average molecular weight is 253 g/mol. The molecule has 0 saturated heterocycles. The van der Waals surface area contributed by atoms with Crippen molar-refractivity contribution in [2.75, 3.05) is 6.61 Å². The summed E-state index contributed by atoms with van der Waals surface area (Å²) in [6, 6.07) is 0. The number of hydrogen-bond acceptors (Lipinski definition) is 4. The third kappa shape index (κ3) is 2.97. The van der Waals surface area contributed by atoms with Gasteiger partial charge in [0.1, 0.15) is 0 Å². The number of nitrogens with zero attached hydrogens (tertiary/aromatic N) is 1. The lowest BCUT2D eigenvalue weighted by atomic mass is 10.2. The van der Waals surface area contributed by atoms with Crippen molar-refractivity contribution < 1.29 is 19.1 Å². The third-order valence-electron chi connectivity index (χ3n) is 3.02. The first kappa shape index (κ1) is 14.4. The van der Waals surface area contributed by atoms with Gasteiger partial charge in [-0.2, -0.15) is 4.90 Å². The van der Waals surface area contributed by atoms with E-state index in [1.165, 1.54) is 13.8 Å². The molecule has 1 aliphatic rings. The summed E-state index contributed by atoms with van der Waals surface area (Å²) in [6.45, 7) is 5.40. The van der Waals surface area contributed by atoms with Crippen LogP contribution in [0.4, 0.5) is 4.79 Å². The Morgan fingerprint density at radius 2 is 1.61 bits per heavy atom. The molecule has 0 bridgehead atoms. The van der Waals surface area contributed by atoms with Crippen LogP contribution in [0.15, 0.2) is 11.1 Å². The van der Waals surface area contributed by atoms with Crippen molar-refractivity contribution in [1.29, 1.82) is 0 Å². The van der Waals surface area contributed by atoms with E-state index < -0.39 is 17.9 Å². The molecular formula is C13H19NO4. The summed E-state index contributed by atoms with van der Waals surface area (Å²) in [4.78, 5) is 35.5. The highest BCUT2D eigenvalue weighted by Gasteiger charge is 2.39. The van der Waals surface area contributed by atoms with Gasteiger partial charge < -0.3 is 4.74 Å². The number of carbonyl (C=O) groups excluding carboxylic acids is 3. The Bertz CT molecular complexity index is 374. The second kappa shape index (κ2) is 6.33. The van der Waals surface area contributed by atoms with Crippen LogP contribution < -0.4 is 0 Å². The van der Waals surface area contributed by atoms with Crippen LogP contribution in [0.3, 0.4) is 0 Å². The molecule has 0 aromatic rings. The Hall–Kier alpha value is -1.65. The van der Waals surface area contributed by atoms with Gasteiger partial charge in [-0.1, -0.05) is 26.2 Å². The summed E-state index contributed by atoms with van der Waals surface area (Å²) in [7, 11) is 0. The maximum atomic E-state index is 11.6. The minimum absolute atomic E-state index is 0.244. The molecule has 3 amide bonds. The molecule has 0 saturated carbocycles. The van der Waals surface area contributed by atoms with E-state index in [1.807, 2.05) is 0 Å². The number of amides is 3. The van der Waals surface area contributed by atoms with E-state index in [0.29, 0.717) is 16.0 Å². The zero-order chi connectivity index (χ0) is 13.7. The van der Waals surface area contributed by atoms with Crippen LogP contribution in [-0.2, 0) is 14.3 Å². The molecule has 0 atom stereocenters. The molecule has 1 heterocycles. The monoisotopic (exact) mass is 253 g/mol. The fourth-order valence-electron chi connectivity index (χ4n) is 1.67. The molecule has 5 nitrogen and oxygen atoms in total. The van der Waals surface area contributed by atoms with Crippen molar-refractivity contribution in [3.8, 4) is 0 Å². The zero-order valence-corrected chi connectivity index (χ0v) is 11.1. The molecule has 0 aromatic carbocycles. The van der Waals surface area contributed by atoms with E-state index in [-0.39, 0.29) is 6.61 Å². The van der Waals surface area contributed by atoms with Gasteiger partial charge in [0.15, 0.2) is 0 Å². The van der Waals surface area contributed by atoms with Crippen molar-refractivity contribution in [3.63, 3.8) is 0 Å². The van der Waals surface area contributed by atoms with Crippen LogP contribution in [0, 0.1) is 0 Å². The fraction of sp³-hybridized carbons (Fsp3) is 0.615. The number of carbonyl (C=O) groups is 3. The van der Waals surface area contributed by atoms with Crippen LogP contribution >= 0.6 is 0 Å². The lowest BCUT2D eigenvalue weighted by Gasteiger charge is -2.12. The maximum Gasteiger partial charge on any atom is 0.424 e. The van der Waals surface area contributed by atoms with Crippen LogP contribution in [0.5, 0.6) is 0 Å². The van der Waals surface area contributed by atoms with E-state index in [2.05, 4.69) is 6.92 Å². The highest BCUT2D eigenvalue weighted by atomic mass is 16.6. The summed E-state index contributed by atoms with van der Waals surface area (Å²) in [6.07, 6.45) is 3.04. The predicted octanol–water partition coefficient (Wildman–Crippen LogP) is 2.41. The van der Waals surface area contributed by atoms with Gasteiger partial charge in [0, 0.05) is 11.1 Å². The van der Waals surface area contributed by atoms with Gasteiger partial charge in [-0.05, 0) is 20.3 Å². The Morgan fingerprint density at radius 3 is 2.11 bits per heavy atom. The molecule has 5 heteroatoms. The van der Waals surface area contributed by atoms with Crippen molar-refractivity contribution in [2.24, 2.45) is 0 Å². The van der Waals surface area contributed by atoms with E-state index in [1.54, 1.807) is 0 Å². The van der Waals surface area contributed by atoms with Gasteiger partial charge in [0.05, 0.1) is 6.61 Å². The quantitative estimate of drug-likeness (QED) is 0.557. The topological polar surface area (TPSA) is 63.7 Å². The SMILES string of the molecule is CCCCCCOC(=O)N1C(=O)C(C)=C(C)C1=O. The summed E-state index contributed by atoms with van der Waals surface area (Å²) in [5, 5.41) is 0. The summed E-state index contributed by atoms with van der Waals surface area (Å²) in [5.74, 6) is -1.15. The van der Waals surface area contributed by atoms with E-state index >= 15 is 0 Å². The van der Waals surface area contributed by atoms with Gasteiger partial charge in [0.2, 0.25) is 0 Å². The molecule has 0 spiro atoms. The van der Waals surface area contributed by atoms with E-state index in [4.69, 9.17) is 4.74 Å². The first-order valence-electron chi connectivity index (χ1n) is 6.23. The minimum atomic E-state index is -0.863. The van der Waals surface area contributed by atoms with Crippen LogP contribution in [0.1, 0.15) is 46.5 Å². The Balaban J connectivity index is 2.45. The minimum Gasteiger partial charge on any atom is -0.449 e. The number of unbranched alkanes of at least 4 members (excludes halogenated alkanes) is 3. The summed E-state index contributed by atoms with van der Waals surface area (Å²) >= 11 is 0. The molecule has 0 aliphatic carbocycles. The number of imide groups is 3. The highest BCUT2D eigenvalue weighted by Crippen LogP contribution is 2.20. The molecule has 18 heavy (non-hydrogen) atoms. The maximum absolute atomic E-state index is 11.6. The Labute approximate surface area is 107 Å². The molecule has 0 fully saturated rings. The van der Waals surface area contributed by atoms with E-state index in [0.717, 1.165) is 25.7 Å². The first-order valence-corrected chi connectivity index (χ1v) is 6.23. The van der Waals surface area contributed by atoms with Crippen molar-refractivity contribution >= 4 is 17.9 Å². The zero-order valence-electron chi connectivity index (χ0n) is 11.1. The van der Waals surface area contributed by atoms with E-state index in [9.17, 15) is 14.4 Å². The normalized spacial score (nSPS) is 15.6. The van der Waals surface area contributed by atoms with Crippen molar-refractivity contribution in [1.82, 2.24) is 4.90 Å². The predicted molar refractivity (Wildman–Crippen MR) is 65.7 cm³/mol. The fourth-order valence-corrected chi connectivity index (χ4v) is 1.67.